The van der Waals surface area contributed by atoms with Gasteiger partial charge in [0, 0.05) is 18.5 Å². The van der Waals surface area contributed by atoms with Gasteiger partial charge in [0.05, 0.1) is 0 Å². The van der Waals surface area contributed by atoms with Gasteiger partial charge in [-0.1, -0.05) is 48.5 Å². The van der Waals surface area contributed by atoms with Crippen LogP contribution in [0.4, 0.5) is 0 Å². The molecule has 0 aliphatic heterocycles. The first kappa shape index (κ1) is 18.4. The van der Waals surface area contributed by atoms with E-state index in [4.69, 9.17) is 4.74 Å². The van der Waals surface area contributed by atoms with Crippen molar-refractivity contribution in [3.05, 3.63) is 71.8 Å². The molecule has 130 valence electrons. The second-order valence-corrected chi connectivity index (χ2v) is 5.56. The number of carbonyl (C=O) groups excluding carboxylic acids is 3. The fraction of sp³-hybridized carbons (Fsp3) is 0.250. The van der Waals surface area contributed by atoms with Crippen LogP contribution >= 0.6 is 0 Å². The number of nitrogens with one attached hydrogen (secondary N) is 1. The molecule has 5 heteroatoms. The van der Waals surface area contributed by atoms with Crippen molar-refractivity contribution in [1.29, 1.82) is 0 Å². The first-order valence-corrected chi connectivity index (χ1v) is 8.24. The number of unbranched alkanes of at least 4 members (excludes halogenated alkanes) is 1. The molecule has 0 heterocycles. The monoisotopic (exact) mass is 339 g/mol. The highest BCUT2D eigenvalue weighted by molar-refractivity contribution is 6.33. The molecule has 0 aromatic heterocycles. The van der Waals surface area contributed by atoms with Crippen molar-refractivity contribution >= 4 is 17.7 Å². The zero-order chi connectivity index (χ0) is 17.9. The Morgan fingerprint density at radius 1 is 0.840 bits per heavy atom. The van der Waals surface area contributed by atoms with E-state index in [1.54, 1.807) is 24.3 Å². The Hall–Kier alpha value is -2.95. The molecule has 2 rings (SSSR count). The molecule has 0 unspecified atom stereocenters. The predicted octanol–water partition coefficient (Wildman–Crippen LogP) is 2.90. The van der Waals surface area contributed by atoms with Gasteiger partial charge >= 0.3 is 5.97 Å². The number of hydrogen-bond acceptors (Lipinski definition) is 4. The number of carbonyl (C=O) groups is 3. The Labute approximate surface area is 147 Å². The molecule has 1 N–H and O–H groups in total. The Kier molecular flexibility index (Phi) is 7.38. The van der Waals surface area contributed by atoms with Crippen LogP contribution < -0.4 is 5.32 Å². The maximum Gasteiger partial charge on any atom is 0.374 e. The number of benzene rings is 2. The quantitative estimate of drug-likeness (QED) is 0.433. The molecule has 0 saturated carbocycles. The standard InChI is InChI=1S/C20H21NO4/c22-18(20(24)25-15-16-9-3-1-4-10-16)13-7-8-14-21-19(23)17-11-5-2-6-12-17/h1-6,9-12H,7-8,13-15H2,(H,21,23). The molecule has 0 aliphatic rings. The number of hydrogen-bond donors (Lipinski definition) is 1. The predicted molar refractivity (Wildman–Crippen MR) is 93.9 cm³/mol. The second kappa shape index (κ2) is 10.0. The molecular weight excluding hydrogens is 318 g/mol. The third kappa shape index (κ3) is 6.59. The van der Waals surface area contributed by atoms with Gasteiger partial charge in [0.2, 0.25) is 5.78 Å². The summed E-state index contributed by atoms with van der Waals surface area (Å²) in [5, 5.41) is 2.78. The number of ether oxygens (including phenoxy) is 1. The molecule has 2 aromatic rings. The van der Waals surface area contributed by atoms with Gasteiger partial charge in [-0.25, -0.2) is 4.79 Å². The van der Waals surface area contributed by atoms with Gasteiger partial charge in [-0.05, 0) is 30.5 Å². The molecule has 2 aromatic carbocycles. The van der Waals surface area contributed by atoms with E-state index >= 15 is 0 Å². The lowest BCUT2D eigenvalue weighted by Crippen LogP contribution is -2.24. The molecule has 5 nitrogen and oxygen atoms in total. The molecule has 0 atom stereocenters. The molecule has 0 aliphatic carbocycles. The maximum atomic E-state index is 11.8. The van der Waals surface area contributed by atoms with E-state index in [1.165, 1.54) is 0 Å². The van der Waals surface area contributed by atoms with Crippen LogP contribution in [0.15, 0.2) is 60.7 Å². The zero-order valence-electron chi connectivity index (χ0n) is 13.9. The summed E-state index contributed by atoms with van der Waals surface area (Å²) in [4.78, 5) is 35.2. The maximum absolute atomic E-state index is 11.8. The van der Waals surface area contributed by atoms with Gasteiger partial charge in [-0.15, -0.1) is 0 Å². The summed E-state index contributed by atoms with van der Waals surface area (Å²) in [6.45, 7) is 0.554. The topological polar surface area (TPSA) is 72.5 Å². The van der Waals surface area contributed by atoms with Crippen LogP contribution in [0.5, 0.6) is 0 Å². The van der Waals surface area contributed by atoms with Crippen LogP contribution in [-0.4, -0.2) is 24.2 Å². The summed E-state index contributed by atoms with van der Waals surface area (Å²) in [5.74, 6) is -1.49. The smallest absolute Gasteiger partial charge is 0.374 e. The van der Waals surface area contributed by atoms with Gasteiger partial charge in [0.1, 0.15) is 6.61 Å². The largest absolute Gasteiger partial charge is 0.455 e. The van der Waals surface area contributed by atoms with Gasteiger partial charge in [0.25, 0.3) is 5.91 Å². The first-order valence-electron chi connectivity index (χ1n) is 8.24. The SMILES string of the molecule is O=C(CCCCNC(=O)c1ccccc1)C(=O)OCc1ccccc1. The van der Waals surface area contributed by atoms with Crippen molar-refractivity contribution in [1.82, 2.24) is 5.32 Å². The molecular formula is C20H21NO4. The van der Waals surface area contributed by atoms with E-state index < -0.39 is 11.8 Å². The van der Waals surface area contributed by atoms with E-state index in [1.807, 2.05) is 36.4 Å². The van der Waals surface area contributed by atoms with Gasteiger partial charge < -0.3 is 10.1 Å². The molecule has 0 spiro atoms. The van der Waals surface area contributed by atoms with E-state index in [0.717, 1.165) is 5.56 Å². The Balaban J connectivity index is 1.58. The minimum Gasteiger partial charge on any atom is -0.455 e. The van der Waals surface area contributed by atoms with Crippen LogP contribution in [-0.2, 0) is 20.9 Å². The summed E-state index contributed by atoms with van der Waals surface area (Å²) in [6, 6.07) is 18.1. The first-order chi connectivity index (χ1) is 12.2. The number of esters is 1. The van der Waals surface area contributed by atoms with E-state index in [9.17, 15) is 14.4 Å². The lowest BCUT2D eigenvalue weighted by Gasteiger charge is -2.06. The zero-order valence-corrected chi connectivity index (χ0v) is 13.9. The molecule has 1 amide bonds. The summed E-state index contributed by atoms with van der Waals surface area (Å²) in [6.07, 6.45) is 1.26. The number of rotatable bonds is 9. The molecule has 0 bridgehead atoms. The Bertz CT molecular complexity index is 698. The fourth-order valence-electron chi connectivity index (χ4n) is 2.21. The van der Waals surface area contributed by atoms with Crippen LogP contribution in [0, 0.1) is 0 Å². The third-order valence-corrected chi connectivity index (χ3v) is 3.59. The Morgan fingerprint density at radius 2 is 1.48 bits per heavy atom. The van der Waals surface area contributed by atoms with Crippen LogP contribution in [0.3, 0.4) is 0 Å². The minimum atomic E-state index is -0.808. The van der Waals surface area contributed by atoms with E-state index in [-0.39, 0.29) is 18.9 Å². The van der Waals surface area contributed by atoms with Gasteiger partial charge in [0.15, 0.2) is 0 Å². The van der Waals surface area contributed by atoms with Gasteiger partial charge in [-0.3, -0.25) is 9.59 Å². The van der Waals surface area contributed by atoms with Crippen molar-refractivity contribution in [3.8, 4) is 0 Å². The lowest BCUT2D eigenvalue weighted by molar-refractivity contribution is -0.154. The highest BCUT2D eigenvalue weighted by Crippen LogP contribution is 2.03. The summed E-state index contributed by atoms with van der Waals surface area (Å²) in [5.41, 5.74) is 1.44. The van der Waals surface area contributed by atoms with Crippen molar-refractivity contribution in [3.63, 3.8) is 0 Å². The molecule has 0 radical (unpaired) electrons. The van der Waals surface area contributed by atoms with E-state index in [2.05, 4.69) is 5.32 Å². The van der Waals surface area contributed by atoms with E-state index in [0.29, 0.717) is 24.9 Å². The summed E-state index contributed by atoms with van der Waals surface area (Å²) < 4.78 is 4.98. The average molecular weight is 339 g/mol. The van der Waals surface area contributed by atoms with Gasteiger partial charge in [-0.2, -0.15) is 0 Å². The lowest BCUT2D eigenvalue weighted by atomic mass is 10.1. The number of ketones is 1. The third-order valence-electron chi connectivity index (χ3n) is 3.59. The highest BCUT2D eigenvalue weighted by Gasteiger charge is 2.14. The van der Waals surface area contributed by atoms with Crippen molar-refractivity contribution < 1.29 is 19.1 Å². The number of Topliss-reactive ketones (excluding diaryl/α,β-unsaturated/α-hetero) is 1. The van der Waals surface area contributed by atoms with Crippen molar-refractivity contribution in [2.45, 2.75) is 25.9 Å². The molecule has 0 fully saturated rings. The van der Waals surface area contributed by atoms with Crippen LogP contribution in [0.2, 0.25) is 0 Å². The minimum absolute atomic E-state index is 0.0958. The average Bonchev–Trinajstić information content (AvgIpc) is 2.67. The fourth-order valence-corrected chi connectivity index (χ4v) is 2.21. The molecule has 0 saturated heterocycles. The summed E-state index contributed by atoms with van der Waals surface area (Å²) in [7, 11) is 0. The normalized spacial score (nSPS) is 10.1. The Morgan fingerprint density at radius 3 is 2.16 bits per heavy atom. The second-order valence-electron chi connectivity index (χ2n) is 5.56. The van der Waals surface area contributed by atoms with Crippen molar-refractivity contribution in [2.24, 2.45) is 0 Å². The number of amides is 1. The molecule has 25 heavy (non-hydrogen) atoms. The van der Waals surface area contributed by atoms with Crippen LogP contribution in [0.1, 0.15) is 35.2 Å². The highest BCUT2D eigenvalue weighted by atomic mass is 16.5. The van der Waals surface area contributed by atoms with Crippen LogP contribution in [0.25, 0.3) is 0 Å². The van der Waals surface area contributed by atoms with Crippen molar-refractivity contribution in [2.75, 3.05) is 6.54 Å². The summed E-state index contributed by atoms with van der Waals surface area (Å²) >= 11 is 0.